The van der Waals surface area contributed by atoms with Crippen LogP contribution < -0.4 is 11.2 Å². The van der Waals surface area contributed by atoms with E-state index < -0.39 is 53.5 Å². The third kappa shape index (κ3) is 8.02. The summed E-state index contributed by atoms with van der Waals surface area (Å²) in [4.78, 5) is 78.7. The summed E-state index contributed by atoms with van der Waals surface area (Å²) in [5, 5.41) is 0. The molecule has 12 nitrogen and oxygen atoms in total. The van der Waals surface area contributed by atoms with E-state index in [1.54, 1.807) is 85.8 Å². The largest absolute Gasteiger partial charge is 0.466 e. The number of benzene rings is 3. The van der Waals surface area contributed by atoms with Crippen LogP contribution in [-0.2, 0) is 30.2 Å². The highest BCUT2D eigenvalue weighted by Gasteiger charge is 2.41. The SMILES string of the molecule is CCOC(=O)CCCc1cn([C@H]2C[C@H](OC(=O)c3ccccc3)[C@@H](COC(=O)c3ccccc3)O2)c(=O)n(C(=O)c2ccccc2)c1=O. The smallest absolute Gasteiger partial charge is 0.340 e. The van der Waals surface area contributed by atoms with Gasteiger partial charge in [0.1, 0.15) is 25.0 Å². The first kappa shape index (κ1) is 33.7. The standard InChI is InChI=1S/C36H34N2O10/c1-2-45-31(39)20-12-19-27-22-37(36(44)38(33(27)41)32(40)24-13-6-3-7-14-24)30-21-28(48-35(43)26-17-10-5-11-18-26)29(47-30)23-46-34(42)25-15-8-4-9-16-25/h3-11,13-18,22,28-30H,2,12,19-21,23H2,1H3/t28-,29+,30+/m0/s1. The van der Waals surface area contributed by atoms with Crippen LogP contribution >= 0.6 is 0 Å². The van der Waals surface area contributed by atoms with E-state index in [2.05, 4.69) is 0 Å². The van der Waals surface area contributed by atoms with Crippen LogP contribution in [0.5, 0.6) is 0 Å². The molecule has 1 fully saturated rings. The molecule has 0 radical (unpaired) electrons. The maximum absolute atomic E-state index is 13.9. The molecule has 0 amide bonds. The summed E-state index contributed by atoms with van der Waals surface area (Å²) in [6, 6.07) is 24.4. The van der Waals surface area contributed by atoms with Gasteiger partial charge in [0.05, 0.1) is 17.7 Å². The van der Waals surface area contributed by atoms with Crippen molar-refractivity contribution in [3.05, 3.63) is 140 Å². The van der Waals surface area contributed by atoms with Gasteiger partial charge in [-0.25, -0.2) is 14.4 Å². The zero-order valence-electron chi connectivity index (χ0n) is 26.2. The average molecular weight is 655 g/mol. The van der Waals surface area contributed by atoms with E-state index in [-0.39, 0.29) is 55.6 Å². The number of nitrogens with zero attached hydrogens (tertiary/aromatic N) is 2. The number of carbonyl (C=O) groups excluding carboxylic acids is 4. The first-order valence-corrected chi connectivity index (χ1v) is 15.5. The Labute approximate surface area is 275 Å². The monoisotopic (exact) mass is 654 g/mol. The second-order valence-corrected chi connectivity index (χ2v) is 11.0. The lowest BCUT2D eigenvalue weighted by atomic mass is 10.1. The van der Waals surface area contributed by atoms with Crippen LogP contribution in [0.25, 0.3) is 0 Å². The van der Waals surface area contributed by atoms with Crippen molar-refractivity contribution in [3.8, 4) is 0 Å². The molecule has 3 aromatic carbocycles. The minimum absolute atomic E-state index is 0.0192. The summed E-state index contributed by atoms with van der Waals surface area (Å²) in [7, 11) is 0. The van der Waals surface area contributed by atoms with Crippen LogP contribution in [0, 0.1) is 0 Å². The van der Waals surface area contributed by atoms with Crippen LogP contribution in [0.15, 0.2) is 107 Å². The Morgan fingerprint density at radius 2 is 1.38 bits per heavy atom. The molecule has 12 heteroatoms. The lowest BCUT2D eigenvalue weighted by Gasteiger charge is -2.19. The number of rotatable bonds is 12. The quantitative estimate of drug-likeness (QED) is 0.162. The van der Waals surface area contributed by atoms with Gasteiger partial charge >= 0.3 is 23.6 Å². The van der Waals surface area contributed by atoms with Crippen molar-refractivity contribution in [1.82, 2.24) is 9.13 Å². The Morgan fingerprint density at radius 1 is 0.792 bits per heavy atom. The molecule has 48 heavy (non-hydrogen) atoms. The zero-order valence-corrected chi connectivity index (χ0v) is 26.2. The molecule has 248 valence electrons. The van der Waals surface area contributed by atoms with Crippen LogP contribution in [0.1, 0.15) is 69.1 Å². The molecule has 0 bridgehead atoms. The number of ether oxygens (including phenoxy) is 4. The summed E-state index contributed by atoms with van der Waals surface area (Å²) in [6.07, 6.45) is -1.58. The van der Waals surface area contributed by atoms with Crippen molar-refractivity contribution in [2.24, 2.45) is 0 Å². The van der Waals surface area contributed by atoms with Crippen LogP contribution in [0.2, 0.25) is 0 Å². The van der Waals surface area contributed by atoms with Crippen molar-refractivity contribution in [3.63, 3.8) is 0 Å². The number of hydrogen-bond acceptors (Lipinski definition) is 10. The normalized spacial score (nSPS) is 17.0. The topological polar surface area (TPSA) is 149 Å². The number of esters is 3. The summed E-state index contributed by atoms with van der Waals surface area (Å²) in [6.45, 7) is 1.57. The molecule has 0 unspecified atom stereocenters. The van der Waals surface area contributed by atoms with Gasteiger partial charge in [-0.15, -0.1) is 0 Å². The Bertz CT molecular complexity index is 1870. The molecule has 1 saturated heterocycles. The third-order valence-corrected chi connectivity index (χ3v) is 7.69. The Morgan fingerprint density at radius 3 is 1.98 bits per heavy atom. The zero-order chi connectivity index (χ0) is 34.0. The number of hydrogen-bond donors (Lipinski definition) is 0. The molecular weight excluding hydrogens is 620 g/mol. The van der Waals surface area contributed by atoms with Gasteiger partial charge in [-0.1, -0.05) is 54.6 Å². The first-order chi connectivity index (χ1) is 23.3. The van der Waals surface area contributed by atoms with Crippen molar-refractivity contribution in [2.45, 2.75) is 51.0 Å². The van der Waals surface area contributed by atoms with Gasteiger partial charge < -0.3 is 18.9 Å². The summed E-state index contributed by atoms with van der Waals surface area (Å²) in [5.74, 6) is -2.56. The van der Waals surface area contributed by atoms with Crippen LogP contribution in [-0.4, -0.2) is 58.4 Å². The van der Waals surface area contributed by atoms with Crippen molar-refractivity contribution >= 4 is 23.8 Å². The van der Waals surface area contributed by atoms with E-state index in [1.165, 1.54) is 18.3 Å². The number of aryl methyl sites for hydroxylation is 1. The van der Waals surface area contributed by atoms with E-state index >= 15 is 0 Å². The van der Waals surface area contributed by atoms with Crippen LogP contribution in [0.3, 0.4) is 0 Å². The fourth-order valence-corrected chi connectivity index (χ4v) is 5.29. The summed E-state index contributed by atoms with van der Waals surface area (Å²) in [5.41, 5.74) is -1.01. The predicted molar refractivity (Wildman–Crippen MR) is 172 cm³/mol. The molecule has 0 saturated carbocycles. The highest BCUT2D eigenvalue weighted by Crippen LogP contribution is 2.31. The van der Waals surface area contributed by atoms with Crippen LogP contribution in [0.4, 0.5) is 0 Å². The van der Waals surface area contributed by atoms with Crippen molar-refractivity contribution in [2.75, 3.05) is 13.2 Å². The average Bonchev–Trinajstić information content (AvgIpc) is 3.51. The molecule has 5 rings (SSSR count). The van der Waals surface area contributed by atoms with Gasteiger partial charge in [0.15, 0.2) is 0 Å². The summed E-state index contributed by atoms with van der Waals surface area (Å²) < 4.78 is 24.1. The second kappa shape index (κ2) is 15.8. The molecule has 1 aliphatic rings. The number of aromatic nitrogens is 2. The molecular formula is C36H34N2O10. The molecule has 1 aromatic heterocycles. The Balaban J connectivity index is 1.47. The molecule has 0 aliphatic carbocycles. The molecule has 0 N–H and O–H groups in total. The minimum Gasteiger partial charge on any atom is -0.466 e. The second-order valence-electron chi connectivity index (χ2n) is 11.0. The predicted octanol–water partition coefficient (Wildman–Crippen LogP) is 3.95. The minimum atomic E-state index is -1.12. The molecule has 3 atom stereocenters. The van der Waals surface area contributed by atoms with Gasteiger partial charge in [0, 0.05) is 30.2 Å². The summed E-state index contributed by atoms with van der Waals surface area (Å²) >= 11 is 0. The van der Waals surface area contributed by atoms with E-state index in [1.807, 2.05) is 0 Å². The molecule has 1 aliphatic heterocycles. The van der Waals surface area contributed by atoms with Crippen molar-refractivity contribution in [1.29, 1.82) is 0 Å². The highest BCUT2D eigenvalue weighted by atomic mass is 16.6. The van der Waals surface area contributed by atoms with E-state index in [4.69, 9.17) is 18.9 Å². The fraction of sp³-hybridized carbons (Fsp3) is 0.278. The highest BCUT2D eigenvalue weighted by molar-refractivity contribution is 5.95. The molecule has 2 heterocycles. The first-order valence-electron chi connectivity index (χ1n) is 15.5. The van der Waals surface area contributed by atoms with Gasteiger partial charge in [-0.2, -0.15) is 4.57 Å². The maximum atomic E-state index is 13.9. The molecule has 4 aromatic rings. The Hall–Kier alpha value is -5.62. The lowest BCUT2D eigenvalue weighted by Crippen LogP contribution is -2.46. The third-order valence-electron chi connectivity index (χ3n) is 7.69. The van der Waals surface area contributed by atoms with Gasteiger partial charge in [-0.05, 0) is 56.2 Å². The maximum Gasteiger partial charge on any atom is 0.340 e. The van der Waals surface area contributed by atoms with E-state index in [9.17, 15) is 28.8 Å². The Kier molecular flexibility index (Phi) is 11.1. The number of carbonyl (C=O) groups is 4. The lowest BCUT2D eigenvalue weighted by molar-refractivity contribution is -0.143. The van der Waals surface area contributed by atoms with Gasteiger partial charge in [0.2, 0.25) is 0 Å². The van der Waals surface area contributed by atoms with Gasteiger partial charge in [-0.3, -0.25) is 19.0 Å². The van der Waals surface area contributed by atoms with E-state index in [0.29, 0.717) is 10.1 Å². The fourth-order valence-electron chi connectivity index (χ4n) is 5.29. The van der Waals surface area contributed by atoms with Crippen molar-refractivity contribution < 1.29 is 38.1 Å². The molecule has 0 spiro atoms. The van der Waals surface area contributed by atoms with E-state index in [0.717, 1.165) is 4.57 Å². The van der Waals surface area contributed by atoms with Gasteiger partial charge in [0.25, 0.3) is 11.5 Å².